The molecular formula is C17H17BrN2O3. The number of benzene rings is 2. The molecule has 0 aliphatic carbocycles. The van der Waals surface area contributed by atoms with Crippen LogP contribution >= 0.6 is 15.9 Å². The number of carbonyl (C=O) groups excluding carboxylic acids is 1. The molecule has 5 nitrogen and oxygen atoms in total. The van der Waals surface area contributed by atoms with Crippen molar-refractivity contribution in [3.63, 3.8) is 0 Å². The highest BCUT2D eigenvalue weighted by Crippen LogP contribution is 2.20. The minimum Gasteiger partial charge on any atom is -0.497 e. The minimum atomic E-state index is -0.333. The molecule has 0 aromatic heterocycles. The van der Waals surface area contributed by atoms with Gasteiger partial charge in [0.05, 0.1) is 13.3 Å². The van der Waals surface area contributed by atoms with Crippen LogP contribution in [0.5, 0.6) is 11.5 Å². The van der Waals surface area contributed by atoms with Crippen molar-refractivity contribution in [1.29, 1.82) is 0 Å². The molecule has 0 unspecified atom stereocenters. The van der Waals surface area contributed by atoms with Crippen molar-refractivity contribution < 1.29 is 14.3 Å². The van der Waals surface area contributed by atoms with E-state index in [-0.39, 0.29) is 12.5 Å². The molecule has 0 radical (unpaired) electrons. The minimum absolute atomic E-state index is 0.0975. The molecule has 0 aliphatic heterocycles. The smallest absolute Gasteiger partial charge is 0.277 e. The van der Waals surface area contributed by atoms with Crippen LogP contribution in [0.1, 0.15) is 11.1 Å². The second-order valence-electron chi connectivity index (χ2n) is 4.78. The molecule has 23 heavy (non-hydrogen) atoms. The van der Waals surface area contributed by atoms with E-state index in [0.717, 1.165) is 15.6 Å². The summed E-state index contributed by atoms with van der Waals surface area (Å²) >= 11 is 3.41. The van der Waals surface area contributed by atoms with Crippen LogP contribution in [0.4, 0.5) is 0 Å². The largest absolute Gasteiger partial charge is 0.497 e. The second-order valence-corrected chi connectivity index (χ2v) is 5.64. The molecule has 1 amide bonds. The highest BCUT2D eigenvalue weighted by molar-refractivity contribution is 9.10. The lowest BCUT2D eigenvalue weighted by Gasteiger charge is -2.05. The molecule has 0 aliphatic rings. The number of hydrogen-bond acceptors (Lipinski definition) is 4. The van der Waals surface area contributed by atoms with E-state index in [9.17, 15) is 4.79 Å². The molecule has 0 bridgehead atoms. The van der Waals surface area contributed by atoms with Crippen LogP contribution in [0.2, 0.25) is 0 Å². The lowest BCUT2D eigenvalue weighted by molar-refractivity contribution is -0.123. The summed E-state index contributed by atoms with van der Waals surface area (Å²) in [6.45, 7) is 1.89. The van der Waals surface area contributed by atoms with Gasteiger partial charge in [-0.3, -0.25) is 4.79 Å². The van der Waals surface area contributed by atoms with Crippen molar-refractivity contribution in [3.8, 4) is 11.5 Å². The number of hydrazone groups is 1. The average Bonchev–Trinajstić information content (AvgIpc) is 2.56. The molecule has 2 aromatic rings. The highest BCUT2D eigenvalue weighted by atomic mass is 79.9. The van der Waals surface area contributed by atoms with Gasteiger partial charge >= 0.3 is 0 Å². The summed E-state index contributed by atoms with van der Waals surface area (Å²) in [6, 6.07) is 13.0. The van der Waals surface area contributed by atoms with Gasteiger partial charge in [0, 0.05) is 10.0 Å². The number of nitrogens with zero attached hydrogens (tertiary/aromatic N) is 1. The second kappa shape index (κ2) is 8.33. The first kappa shape index (κ1) is 17.0. The fourth-order valence-electron chi connectivity index (χ4n) is 1.74. The Morgan fingerprint density at radius 1 is 1.22 bits per heavy atom. The number of hydrogen-bond donors (Lipinski definition) is 1. The van der Waals surface area contributed by atoms with Crippen LogP contribution in [0.15, 0.2) is 52.0 Å². The normalized spacial score (nSPS) is 10.6. The predicted octanol–water partition coefficient (Wildman–Crippen LogP) is 3.30. The number of rotatable bonds is 6. The SMILES string of the molecule is COc1ccc(Br)c(/C=N/NC(=O)COc2ccc(C)cc2)c1. The standard InChI is InChI=1S/C17H17BrN2O3/c1-12-3-5-14(6-4-12)23-11-17(21)20-19-10-13-9-15(22-2)7-8-16(13)18/h3-10H,11H2,1-2H3,(H,20,21)/b19-10+. The van der Waals surface area contributed by atoms with Crippen LogP contribution in [0, 0.1) is 6.92 Å². The quantitative estimate of drug-likeness (QED) is 0.621. The number of methoxy groups -OCH3 is 1. The van der Waals surface area contributed by atoms with E-state index >= 15 is 0 Å². The molecule has 0 saturated heterocycles. The number of amides is 1. The first-order chi connectivity index (χ1) is 11.1. The van der Waals surface area contributed by atoms with Gasteiger partial charge in [0.15, 0.2) is 6.61 Å². The third-order valence-corrected chi connectivity index (χ3v) is 3.71. The number of halogens is 1. The molecule has 1 N–H and O–H groups in total. The first-order valence-corrected chi connectivity index (χ1v) is 7.72. The Labute approximate surface area is 143 Å². The van der Waals surface area contributed by atoms with E-state index in [2.05, 4.69) is 26.5 Å². The fourth-order valence-corrected chi connectivity index (χ4v) is 2.09. The molecular weight excluding hydrogens is 360 g/mol. The summed E-state index contributed by atoms with van der Waals surface area (Å²) in [5, 5.41) is 3.91. The van der Waals surface area contributed by atoms with Crippen LogP contribution in [0.25, 0.3) is 0 Å². The Hall–Kier alpha value is -2.34. The van der Waals surface area contributed by atoms with E-state index in [1.807, 2.05) is 49.4 Å². The van der Waals surface area contributed by atoms with Crippen molar-refractivity contribution in [2.45, 2.75) is 6.92 Å². The van der Waals surface area contributed by atoms with Gasteiger partial charge in [-0.1, -0.05) is 33.6 Å². The maximum absolute atomic E-state index is 11.7. The summed E-state index contributed by atoms with van der Waals surface area (Å²) in [4.78, 5) is 11.7. The average molecular weight is 377 g/mol. The Bertz CT molecular complexity index is 699. The van der Waals surface area contributed by atoms with E-state index in [0.29, 0.717) is 11.5 Å². The lowest BCUT2D eigenvalue weighted by Crippen LogP contribution is -2.24. The van der Waals surface area contributed by atoms with Crippen molar-refractivity contribution in [3.05, 3.63) is 58.1 Å². The van der Waals surface area contributed by atoms with Gasteiger partial charge in [-0.2, -0.15) is 5.10 Å². The van der Waals surface area contributed by atoms with Crippen LogP contribution < -0.4 is 14.9 Å². The third-order valence-electron chi connectivity index (χ3n) is 2.99. The third kappa shape index (κ3) is 5.41. The van der Waals surface area contributed by atoms with Gasteiger partial charge in [0.25, 0.3) is 5.91 Å². The summed E-state index contributed by atoms with van der Waals surface area (Å²) in [5.41, 5.74) is 4.35. The summed E-state index contributed by atoms with van der Waals surface area (Å²) in [7, 11) is 1.59. The van der Waals surface area contributed by atoms with Crippen LogP contribution in [-0.4, -0.2) is 25.8 Å². The number of nitrogens with one attached hydrogen (secondary N) is 1. The van der Waals surface area contributed by atoms with Crippen LogP contribution in [0.3, 0.4) is 0 Å². The first-order valence-electron chi connectivity index (χ1n) is 6.93. The maximum Gasteiger partial charge on any atom is 0.277 e. The predicted molar refractivity (Wildman–Crippen MR) is 93.1 cm³/mol. The van der Waals surface area contributed by atoms with Crippen molar-refractivity contribution >= 4 is 28.1 Å². The molecule has 0 heterocycles. The monoisotopic (exact) mass is 376 g/mol. The molecule has 2 rings (SSSR count). The van der Waals surface area contributed by atoms with E-state index in [1.165, 1.54) is 6.21 Å². The Morgan fingerprint density at radius 2 is 1.91 bits per heavy atom. The zero-order chi connectivity index (χ0) is 16.7. The molecule has 0 atom stereocenters. The Kier molecular flexibility index (Phi) is 6.17. The van der Waals surface area contributed by atoms with Gasteiger partial charge in [-0.05, 0) is 37.3 Å². The van der Waals surface area contributed by atoms with E-state index < -0.39 is 0 Å². The maximum atomic E-state index is 11.7. The topological polar surface area (TPSA) is 59.9 Å². The van der Waals surface area contributed by atoms with Gasteiger partial charge < -0.3 is 9.47 Å². The molecule has 0 saturated carbocycles. The molecule has 0 fully saturated rings. The lowest BCUT2D eigenvalue weighted by atomic mass is 10.2. The summed E-state index contributed by atoms with van der Waals surface area (Å²) < 4.78 is 11.4. The number of aryl methyl sites for hydroxylation is 1. The highest BCUT2D eigenvalue weighted by Gasteiger charge is 2.02. The van der Waals surface area contributed by atoms with E-state index in [1.54, 1.807) is 7.11 Å². The zero-order valence-electron chi connectivity index (χ0n) is 12.9. The number of carbonyl (C=O) groups is 1. The molecule has 2 aromatic carbocycles. The van der Waals surface area contributed by atoms with Gasteiger partial charge in [0.2, 0.25) is 0 Å². The zero-order valence-corrected chi connectivity index (χ0v) is 14.5. The van der Waals surface area contributed by atoms with Crippen LogP contribution in [-0.2, 0) is 4.79 Å². The Morgan fingerprint density at radius 3 is 2.61 bits per heavy atom. The molecule has 0 spiro atoms. The van der Waals surface area contributed by atoms with Gasteiger partial charge in [-0.15, -0.1) is 0 Å². The summed E-state index contributed by atoms with van der Waals surface area (Å²) in [5.74, 6) is 1.02. The summed E-state index contributed by atoms with van der Waals surface area (Å²) in [6.07, 6.45) is 1.54. The van der Waals surface area contributed by atoms with Gasteiger partial charge in [-0.25, -0.2) is 5.43 Å². The fraction of sp³-hybridized carbons (Fsp3) is 0.176. The van der Waals surface area contributed by atoms with E-state index in [4.69, 9.17) is 9.47 Å². The van der Waals surface area contributed by atoms with Crippen molar-refractivity contribution in [2.75, 3.05) is 13.7 Å². The molecule has 6 heteroatoms. The van der Waals surface area contributed by atoms with Crippen molar-refractivity contribution in [1.82, 2.24) is 5.43 Å². The van der Waals surface area contributed by atoms with Crippen molar-refractivity contribution in [2.24, 2.45) is 5.10 Å². The van der Waals surface area contributed by atoms with Gasteiger partial charge in [0.1, 0.15) is 11.5 Å². The Balaban J connectivity index is 1.85. The molecule has 120 valence electrons. The number of ether oxygens (including phenoxy) is 2.